The number of carbonyl (C=O) groups is 1. The molecule has 180 valence electrons. The van der Waals surface area contributed by atoms with Gasteiger partial charge in [0.05, 0.1) is 0 Å². The fourth-order valence-corrected chi connectivity index (χ4v) is 5.64. The molecule has 0 saturated carbocycles. The number of rotatable bonds is 7. The van der Waals surface area contributed by atoms with Crippen molar-refractivity contribution >= 4 is 16.8 Å². The highest BCUT2D eigenvalue weighted by Crippen LogP contribution is 2.36. The van der Waals surface area contributed by atoms with Crippen LogP contribution in [0.5, 0.6) is 0 Å². The van der Waals surface area contributed by atoms with E-state index in [9.17, 15) is 4.79 Å². The molecular formula is C29H37N3O2. The van der Waals surface area contributed by atoms with Crippen LogP contribution in [0.15, 0.2) is 54.7 Å². The average molecular weight is 460 g/mol. The molecule has 0 spiro atoms. The average Bonchev–Trinajstić information content (AvgIpc) is 3.22. The summed E-state index contributed by atoms with van der Waals surface area (Å²) in [6.45, 7) is 6.81. The molecule has 0 bridgehead atoms. The van der Waals surface area contributed by atoms with E-state index in [1.165, 1.54) is 27.6 Å². The van der Waals surface area contributed by atoms with Crippen molar-refractivity contribution in [3.8, 4) is 0 Å². The molecule has 0 aliphatic carbocycles. The van der Waals surface area contributed by atoms with Gasteiger partial charge in [0, 0.05) is 55.2 Å². The second-order valence-electron chi connectivity index (χ2n) is 10.1. The molecule has 2 N–H and O–H groups in total. The van der Waals surface area contributed by atoms with Crippen molar-refractivity contribution in [3.05, 3.63) is 71.4 Å². The molecule has 2 fully saturated rings. The Morgan fingerprint density at radius 1 is 1.09 bits per heavy atom. The number of ether oxygens (including phenoxy) is 1. The normalized spacial score (nSPS) is 18.7. The minimum atomic E-state index is 0.0301. The lowest BCUT2D eigenvalue weighted by molar-refractivity contribution is -0.122. The monoisotopic (exact) mass is 459 g/mol. The number of aryl methyl sites for hydroxylation is 1. The van der Waals surface area contributed by atoms with E-state index in [2.05, 4.69) is 76.9 Å². The predicted octanol–water partition coefficient (Wildman–Crippen LogP) is 4.77. The summed E-state index contributed by atoms with van der Waals surface area (Å²) in [6.07, 6.45) is 7.03. The Kier molecular flexibility index (Phi) is 7.31. The van der Waals surface area contributed by atoms with Crippen LogP contribution in [0.25, 0.3) is 10.9 Å². The van der Waals surface area contributed by atoms with Gasteiger partial charge in [0.1, 0.15) is 0 Å². The van der Waals surface area contributed by atoms with Crippen LogP contribution in [0.2, 0.25) is 0 Å². The van der Waals surface area contributed by atoms with Gasteiger partial charge in [0.15, 0.2) is 0 Å². The van der Waals surface area contributed by atoms with Crippen LogP contribution in [-0.2, 0) is 16.1 Å². The van der Waals surface area contributed by atoms with E-state index in [-0.39, 0.29) is 17.9 Å². The molecule has 1 aromatic heterocycles. The Hall–Kier alpha value is -2.63. The van der Waals surface area contributed by atoms with Crippen molar-refractivity contribution in [1.29, 1.82) is 0 Å². The van der Waals surface area contributed by atoms with Crippen molar-refractivity contribution < 1.29 is 9.53 Å². The van der Waals surface area contributed by atoms with Gasteiger partial charge in [0.25, 0.3) is 0 Å². The largest absolute Gasteiger partial charge is 0.381 e. The first kappa shape index (κ1) is 23.1. The zero-order valence-electron chi connectivity index (χ0n) is 20.3. The zero-order chi connectivity index (χ0) is 23.3. The molecule has 3 heterocycles. The molecule has 3 aromatic rings. The lowest BCUT2D eigenvalue weighted by atomic mass is 9.87. The van der Waals surface area contributed by atoms with Gasteiger partial charge in [0.2, 0.25) is 5.91 Å². The van der Waals surface area contributed by atoms with E-state index in [1.54, 1.807) is 0 Å². The van der Waals surface area contributed by atoms with Gasteiger partial charge >= 0.3 is 0 Å². The second kappa shape index (κ2) is 10.7. The first-order valence-corrected chi connectivity index (χ1v) is 12.9. The fourth-order valence-electron chi connectivity index (χ4n) is 5.64. The van der Waals surface area contributed by atoms with Crippen molar-refractivity contribution in [2.45, 2.75) is 57.5 Å². The minimum absolute atomic E-state index is 0.0301. The molecule has 34 heavy (non-hydrogen) atoms. The quantitative estimate of drug-likeness (QED) is 0.535. The van der Waals surface area contributed by atoms with Crippen LogP contribution in [0.4, 0.5) is 0 Å². The summed E-state index contributed by atoms with van der Waals surface area (Å²) < 4.78 is 8.01. The zero-order valence-corrected chi connectivity index (χ0v) is 20.3. The van der Waals surface area contributed by atoms with E-state index in [4.69, 9.17) is 4.74 Å². The van der Waals surface area contributed by atoms with Gasteiger partial charge < -0.3 is 19.9 Å². The molecule has 1 unspecified atom stereocenters. The Balaban J connectivity index is 1.47. The number of nitrogens with one attached hydrogen (secondary N) is 2. The number of para-hydroxylation sites is 1. The summed E-state index contributed by atoms with van der Waals surface area (Å²) in [4.78, 5) is 13.3. The van der Waals surface area contributed by atoms with Gasteiger partial charge in [-0.2, -0.15) is 0 Å². The molecular weight excluding hydrogens is 422 g/mol. The third-order valence-electron chi connectivity index (χ3n) is 7.53. The van der Waals surface area contributed by atoms with Crippen molar-refractivity contribution in [3.63, 3.8) is 0 Å². The van der Waals surface area contributed by atoms with E-state index in [0.717, 1.165) is 58.5 Å². The third-order valence-corrected chi connectivity index (χ3v) is 7.53. The molecule has 2 aliphatic rings. The highest BCUT2D eigenvalue weighted by atomic mass is 16.5. The van der Waals surface area contributed by atoms with Crippen LogP contribution in [0, 0.1) is 12.8 Å². The molecule has 5 nitrogen and oxygen atoms in total. The SMILES string of the molecule is Cc1cccc(C(CC(=O)NC2CCNCC2)c2cn(CC3CCOCC3)c3ccccc23)c1. The molecule has 2 saturated heterocycles. The standard InChI is InChI=1S/C29H37N3O2/c1-21-5-4-6-23(17-21)26(18-29(33)31-24-9-13-30-14-10-24)27-20-32(19-22-11-15-34-16-12-22)28-8-3-2-7-25(27)28/h2-8,17,20,22,24,26,30H,9-16,18-19H2,1H3,(H,31,33). The predicted molar refractivity (Wildman–Crippen MR) is 137 cm³/mol. The number of hydrogen-bond donors (Lipinski definition) is 2. The van der Waals surface area contributed by atoms with Crippen LogP contribution in [-0.4, -0.2) is 42.8 Å². The van der Waals surface area contributed by atoms with E-state index in [0.29, 0.717) is 12.3 Å². The first-order valence-electron chi connectivity index (χ1n) is 12.9. The summed E-state index contributed by atoms with van der Waals surface area (Å²) >= 11 is 0. The van der Waals surface area contributed by atoms with Gasteiger partial charge in [-0.3, -0.25) is 4.79 Å². The fraction of sp³-hybridized carbons (Fsp3) is 0.483. The van der Waals surface area contributed by atoms with E-state index in [1.807, 2.05) is 0 Å². The lowest BCUT2D eigenvalue weighted by Crippen LogP contribution is -2.43. The van der Waals surface area contributed by atoms with Crippen LogP contribution >= 0.6 is 0 Å². The molecule has 2 aromatic carbocycles. The smallest absolute Gasteiger partial charge is 0.221 e. The minimum Gasteiger partial charge on any atom is -0.381 e. The molecule has 2 aliphatic heterocycles. The van der Waals surface area contributed by atoms with E-state index >= 15 is 0 Å². The van der Waals surface area contributed by atoms with Gasteiger partial charge in [-0.25, -0.2) is 0 Å². The molecule has 0 radical (unpaired) electrons. The Morgan fingerprint density at radius 2 is 1.88 bits per heavy atom. The summed E-state index contributed by atoms with van der Waals surface area (Å²) in [5, 5.41) is 7.97. The van der Waals surface area contributed by atoms with E-state index < -0.39 is 0 Å². The summed E-state index contributed by atoms with van der Waals surface area (Å²) in [7, 11) is 0. The number of carbonyl (C=O) groups excluding carboxylic acids is 1. The third kappa shape index (κ3) is 5.37. The molecule has 1 amide bonds. The summed E-state index contributed by atoms with van der Waals surface area (Å²) in [6, 6.07) is 17.6. The first-order chi connectivity index (χ1) is 16.7. The number of piperidine rings is 1. The maximum Gasteiger partial charge on any atom is 0.221 e. The number of hydrogen-bond acceptors (Lipinski definition) is 3. The maximum absolute atomic E-state index is 13.3. The number of aromatic nitrogens is 1. The lowest BCUT2D eigenvalue weighted by Gasteiger charge is -2.25. The molecule has 1 atom stereocenters. The molecule has 5 heteroatoms. The topological polar surface area (TPSA) is 55.3 Å². The maximum atomic E-state index is 13.3. The number of benzene rings is 2. The van der Waals surface area contributed by atoms with Crippen molar-refractivity contribution in [1.82, 2.24) is 15.2 Å². The number of amides is 1. The number of nitrogens with zero attached hydrogens (tertiary/aromatic N) is 1. The van der Waals surface area contributed by atoms with Gasteiger partial charge in [-0.1, -0.05) is 48.0 Å². The Bertz CT molecular complexity index is 1110. The van der Waals surface area contributed by atoms with Crippen LogP contribution in [0.1, 0.15) is 54.7 Å². The Morgan fingerprint density at radius 3 is 2.68 bits per heavy atom. The summed E-state index contributed by atoms with van der Waals surface area (Å²) in [5.74, 6) is 0.820. The van der Waals surface area contributed by atoms with Crippen LogP contribution < -0.4 is 10.6 Å². The van der Waals surface area contributed by atoms with Gasteiger partial charge in [-0.15, -0.1) is 0 Å². The van der Waals surface area contributed by atoms with Crippen LogP contribution in [0.3, 0.4) is 0 Å². The second-order valence-corrected chi connectivity index (χ2v) is 10.1. The highest BCUT2D eigenvalue weighted by molar-refractivity contribution is 5.86. The molecule has 5 rings (SSSR count). The van der Waals surface area contributed by atoms with Gasteiger partial charge in [-0.05, 0) is 68.8 Å². The summed E-state index contributed by atoms with van der Waals surface area (Å²) in [5.41, 5.74) is 4.97. The Labute approximate surface area is 202 Å². The number of fused-ring (bicyclic) bond motifs is 1. The highest BCUT2D eigenvalue weighted by Gasteiger charge is 2.25. The van der Waals surface area contributed by atoms with Crippen molar-refractivity contribution in [2.75, 3.05) is 26.3 Å². The van der Waals surface area contributed by atoms with Crippen molar-refractivity contribution in [2.24, 2.45) is 5.92 Å².